The third-order valence-corrected chi connectivity index (χ3v) is 4.65. The number of Topliss-reactive ketones (excluding diaryl/α,β-unsaturated/α-hetero) is 1. The standard InChI is InChI=1S/C17H21NO/c1-12-6-7-13-14(11-18(3)15(13)10-12)16(19)17(2)8-4-5-9-17/h6-7,10-11H,4-5,8-9H2,1-3H3. The molecule has 0 spiro atoms. The van der Waals surface area contributed by atoms with E-state index in [0.717, 1.165) is 29.3 Å². The number of fused-ring (bicyclic) bond motifs is 1. The number of benzene rings is 1. The zero-order chi connectivity index (χ0) is 13.6. The predicted octanol–water partition coefficient (Wildman–Crippen LogP) is 4.25. The van der Waals surface area contributed by atoms with Crippen molar-refractivity contribution in [2.75, 3.05) is 0 Å². The molecule has 0 saturated heterocycles. The SMILES string of the molecule is Cc1ccc2c(C(=O)C3(C)CCCC3)cn(C)c2c1. The fraction of sp³-hybridized carbons (Fsp3) is 0.471. The van der Waals surface area contributed by atoms with Gasteiger partial charge in [-0.05, 0) is 31.4 Å². The Morgan fingerprint density at radius 3 is 2.63 bits per heavy atom. The first kappa shape index (κ1) is 12.5. The molecule has 1 fully saturated rings. The van der Waals surface area contributed by atoms with Gasteiger partial charge in [0.1, 0.15) is 0 Å². The Morgan fingerprint density at radius 1 is 1.26 bits per heavy atom. The van der Waals surface area contributed by atoms with Crippen molar-refractivity contribution in [1.29, 1.82) is 0 Å². The molecule has 1 aliphatic rings. The van der Waals surface area contributed by atoms with Gasteiger partial charge in [0.25, 0.3) is 0 Å². The molecular formula is C17H21NO. The number of ketones is 1. The molecule has 0 atom stereocenters. The third kappa shape index (κ3) is 1.90. The van der Waals surface area contributed by atoms with Gasteiger partial charge in [0.05, 0.1) is 0 Å². The number of nitrogens with zero attached hydrogens (tertiary/aromatic N) is 1. The van der Waals surface area contributed by atoms with Gasteiger partial charge in [0, 0.05) is 35.1 Å². The number of carbonyl (C=O) groups is 1. The van der Waals surface area contributed by atoms with Gasteiger partial charge in [0.2, 0.25) is 0 Å². The number of aryl methyl sites for hydroxylation is 2. The van der Waals surface area contributed by atoms with Gasteiger partial charge < -0.3 is 4.57 Å². The fourth-order valence-electron chi connectivity index (χ4n) is 3.38. The Hall–Kier alpha value is -1.57. The van der Waals surface area contributed by atoms with E-state index >= 15 is 0 Å². The first-order valence-electron chi connectivity index (χ1n) is 7.12. The Morgan fingerprint density at radius 2 is 1.95 bits per heavy atom. The lowest BCUT2D eigenvalue weighted by Crippen LogP contribution is -2.24. The number of rotatable bonds is 2. The summed E-state index contributed by atoms with van der Waals surface area (Å²) in [5.74, 6) is 0.333. The Balaban J connectivity index is 2.13. The van der Waals surface area contributed by atoms with Gasteiger partial charge in [0.15, 0.2) is 5.78 Å². The van der Waals surface area contributed by atoms with Gasteiger partial charge in [-0.15, -0.1) is 0 Å². The number of aromatic nitrogens is 1. The molecule has 1 saturated carbocycles. The number of carbonyl (C=O) groups excluding carboxylic acids is 1. The molecule has 2 heteroatoms. The Kier molecular flexibility index (Phi) is 2.77. The maximum Gasteiger partial charge on any atom is 0.170 e. The lowest BCUT2D eigenvalue weighted by molar-refractivity contribution is 0.0825. The molecule has 3 rings (SSSR count). The van der Waals surface area contributed by atoms with Crippen LogP contribution in [0.25, 0.3) is 10.9 Å². The minimum absolute atomic E-state index is 0.140. The van der Waals surface area contributed by atoms with Crippen LogP contribution in [-0.4, -0.2) is 10.4 Å². The van der Waals surface area contributed by atoms with Crippen LogP contribution in [-0.2, 0) is 7.05 Å². The Labute approximate surface area is 114 Å². The third-order valence-electron chi connectivity index (χ3n) is 4.65. The zero-order valence-electron chi connectivity index (χ0n) is 12.0. The van der Waals surface area contributed by atoms with E-state index in [1.165, 1.54) is 18.4 Å². The number of hydrogen-bond acceptors (Lipinski definition) is 1. The molecule has 1 heterocycles. The second-order valence-electron chi connectivity index (χ2n) is 6.27. The molecule has 19 heavy (non-hydrogen) atoms. The molecule has 2 aromatic rings. The summed E-state index contributed by atoms with van der Waals surface area (Å²) in [4.78, 5) is 12.9. The lowest BCUT2D eigenvalue weighted by atomic mass is 9.81. The van der Waals surface area contributed by atoms with Gasteiger partial charge in [-0.1, -0.05) is 31.9 Å². The summed E-state index contributed by atoms with van der Waals surface area (Å²) in [6.45, 7) is 4.22. The molecule has 0 radical (unpaired) electrons. The van der Waals surface area contributed by atoms with Gasteiger partial charge in [-0.3, -0.25) is 4.79 Å². The zero-order valence-corrected chi connectivity index (χ0v) is 12.0. The summed E-state index contributed by atoms with van der Waals surface area (Å²) >= 11 is 0. The molecule has 2 nitrogen and oxygen atoms in total. The highest BCUT2D eigenvalue weighted by atomic mass is 16.1. The largest absolute Gasteiger partial charge is 0.350 e. The highest BCUT2D eigenvalue weighted by Crippen LogP contribution is 2.41. The molecule has 1 aromatic carbocycles. The maximum absolute atomic E-state index is 12.9. The van der Waals surface area contributed by atoms with Crippen molar-refractivity contribution in [2.24, 2.45) is 12.5 Å². The van der Waals surface area contributed by atoms with Crippen LogP contribution in [0.1, 0.15) is 48.5 Å². The van der Waals surface area contributed by atoms with Crippen molar-refractivity contribution in [3.05, 3.63) is 35.5 Å². The van der Waals surface area contributed by atoms with E-state index < -0.39 is 0 Å². The summed E-state index contributed by atoms with van der Waals surface area (Å²) in [6, 6.07) is 6.34. The second-order valence-corrected chi connectivity index (χ2v) is 6.27. The predicted molar refractivity (Wildman–Crippen MR) is 78.6 cm³/mol. The second kappa shape index (κ2) is 4.22. The van der Waals surface area contributed by atoms with Crippen molar-refractivity contribution in [3.8, 4) is 0 Å². The first-order valence-corrected chi connectivity index (χ1v) is 7.12. The van der Waals surface area contributed by atoms with E-state index in [-0.39, 0.29) is 5.41 Å². The molecule has 0 bridgehead atoms. The molecule has 1 aliphatic carbocycles. The van der Waals surface area contributed by atoms with Crippen molar-refractivity contribution in [1.82, 2.24) is 4.57 Å². The van der Waals surface area contributed by atoms with Crippen LogP contribution in [0.4, 0.5) is 0 Å². The maximum atomic E-state index is 12.9. The summed E-state index contributed by atoms with van der Waals surface area (Å²) in [5, 5.41) is 1.10. The van der Waals surface area contributed by atoms with Crippen LogP contribution in [0.15, 0.2) is 24.4 Å². The topological polar surface area (TPSA) is 22.0 Å². The van der Waals surface area contributed by atoms with Crippen molar-refractivity contribution in [2.45, 2.75) is 39.5 Å². The van der Waals surface area contributed by atoms with Gasteiger partial charge >= 0.3 is 0 Å². The normalized spacial score (nSPS) is 18.1. The lowest BCUT2D eigenvalue weighted by Gasteiger charge is -2.21. The molecular weight excluding hydrogens is 234 g/mol. The first-order chi connectivity index (χ1) is 9.01. The van der Waals surface area contributed by atoms with Crippen molar-refractivity contribution in [3.63, 3.8) is 0 Å². The van der Waals surface area contributed by atoms with E-state index in [9.17, 15) is 4.79 Å². The van der Waals surface area contributed by atoms with E-state index in [1.807, 2.05) is 13.2 Å². The monoisotopic (exact) mass is 255 g/mol. The minimum Gasteiger partial charge on any atom is -0.350 e. The van der Waals surface area contributed by atoms with Crippen molar-refractivity contribution >= 4 is 16.7 Å². The smallest absolute Gasteiger partial charge is 0.170 e. The van der Waals surface area contributed by atoms with Crippen LogP contribution >= 0.6 is 0 Å². The van der Waals surface area contributed by atoms with Crippen LogP contribution in [0.2, 0.25) is 0 Å². The summed E-state index contributed by atoms with van der Waals surface area (Å²) in [7, 11) is 2.02. The summed E-state index contributed by atoms with van der Waals surface area (Å²) < 4.78 is 2.08. The minimum atomic E-state index is -0.140. The Bertz CT molecular complexity index is 645. The highest BCUT2D eigenvalue weighted by Gasteiger charge is 2.37. The van der Waals surface area contributed by atoms with Crippen LogP contribution in [0, 0.1) is 12.3 Å². The average Bonchev–Trinajstić information content (AvgIpc) is 2.95. The quantitative estimate of drug-likeness (QED) is 0.735. The molecule has 100 valence electrons. The molecule has 0 unspecified atom stereocenters. The van der Waals surface area contributed by atoms with Crippen LogP contribution in [0.3, 0.4) is 0 Å². The van der Waals surface area contributed by atoms with Crippen molar-refractivity contribution < 1.29 is 4.79 Å². The average molecular weight is 255 g/mol. The highest BCUT2D eigenvalue weighted by molar-refractivity contribution is 6.10. The summed E-state index contributed by atoms with van der Waals surface area (Å²) in [5.41, 5.74) is 3.16. The van der Waals surface area contributed by atoms with Crippen LogP contribution in [0.5, 0.6) is 0 Å². The molecule has 1 aromatic heterocycles. The number of hydrogen-bond donors (Lipinski definition) is 0. The van der Waals surface area contributed by atoms with Gasteiger partial charge in [-0.2, -0.15) is 0 Å². The fourth-order valence-corrected chi connectivity index (χ4v) is 3.38. The molecule has 0 amide bonds. The van der Waals surface area contributed by atoms with E-state index in [0.29, 0.717) is 5.78 Å². The van der Waals surface area contributed by atoms with E-state index in [1.54, 1.807) is 0 Å². The molecule has 0 N–H and O–H groups in total. The van der Waals surface area contributed by atoms with E-state index in [4.69, 9.17) is 0 Å². The van der Waals surface area contributed by atoms with E-state index in [2.05, 4.69) is 36.6 Å². The van der Waals surface area contributed by atoms with Gasteiger partial charge in [-0.25, -0.2) is 0 Å². The molecule has 0 aliphatic heterocycles. The summed E-state index contributed by atoms with van der Waals surface area (Å²) in [6.07, 6.45) is 6.45. The van der Waals surface area contributed by atoms with Crippen LogP contribution < -0.4 is 0 Å².